The fourth-order valence-corrected chi connectivity index (χ4v) is 5.88. The minimum Gasteiger partial charge on any atom is -0.370 e. The Morgan fingerprint density at radius 2 is 1.71 bits per heavy atom. The topological polar surface area (TPSA) is 12.5 Å². The van der Waals surface area contributed by atoms with Gasteiger partial charge < -0.3 is 9.64 Å². The Morgan fingerprint density at radius 1 is 0.929 bits per heavy atom. The predicted molar refractivity (Wildman–Crippen MR) is 118 cm³/mol. The Hall–Kier alpha value is -1.68. The van der Waals surface area contributed by atoms with E-state index in [1.54, 1.807) is 0 Å². The number of piperidine rings is 1. The monoisotopic (exact) mass is 391 g/mol. The molecule has 0 aliphatic carbocycles. The third kappa shape index (κ3) is 3.76. The highest BCUT2D eigenvalue weighted by Gasteiger charge is 2.38. The third-order valence-electron chi connectivity index (χ3n) is 6.66. The molecule has 0 bridgehead atoms. The van der Waals surface area contributed by atoms with Crippen LogP contribution in [0.3, 0.4) is 0 Å². The Balaban J connectivity index is 1.09. The zero-order valence-electron chi connectivity index (χ0n) is 16.5. The summed E-state index contributed by atoms with van der Waals surface area (Å²) in [6.07, 6.45) is 7.24. The van der Waals surface area contributed by atoms with Gasteiger partial charge in [-0.1, -0.05) is 42.5 Å². The van der Waals surface area contributed by atoms with Gasteiger partial charge in [-0.2, -0.15) is 0 Å². The SMILES string of the molecule is c1ccc2c(c1)COC1(CCN(CCCCc3csc4ccccc34)CC1)C2. The molecule has 0 amide bonds. The second-order valence-corrected chi connectivity index (χ2v) is 9.38. The highest BCUT2D eigenvalue weighted by Crippen LogP contribution is 2.36. The van der Waals surface area contributed by atoms with Crippen molar-refractivity contribution in [2.75, 3.05) is 19.6 Å². The van der Waals surface area contributed by atoms with Crippen LogP contribution in [0.25, 0.3) is 10.1 Å². The number of hydrogen-bond acceptors (Lipinski definition) is 3. The molecule has 2 nitrogen and oxygen atoms in total. The van der Waals surface area contributed by atoms with Gasteiger partial charge in [0, 0.05) is 24.2 Å². The number of ether oxygens (including phenoxy) is 1. The number of rotatable bonds is 5. The first-order valence-corrected chi connectivity index (χ1v) is 11.6. The summed E-state index contributed by atoms with van der Waals surface area (Å²) < 4.78 is 7.80. The minimum atomic E-state index is 0.0977. The van der Waals surface area contributed by atoms with Gasteiger partial charge in [-0.05, 0) is 72.2 Å². The summed E-state index contributed by atoms with van der Waals surface area (Å²) >= 11 is 1.88. The maximum Gasteiger partial charge on any atom is 0.0751 e. The standard InChI is InChI=1S/C25H29NOS/c1-2-8-21-18-27-25(17-20(21)7-1)12-15-26(16-13-25)14-6-5-9-22-19-28-24-11-4-3-10-23(22)24/h1-4,7-8,10-11,19H,5-6,9,12-18H2. The van der Waals surface area contributed by atoms with Gasteiger partial charge in [0.05, 0.1) is 12.2 Å². The molecule has 3 aromatic rings. The first-order valence-electron chi connectivity index (χ1n) is 10.7. The highest BCUT2D eigenvalue weighted by atomic mass is 32.1. The fraction of sp³-hybridized carbons (Fsp3) is 0.440. The average Bonchev–Trinajstić information content (AvgIpc) is 3.16. The van der Waals surface area contributed by atoms with Crippen LogP contribution in [0.4, 0.5) is 0 Å². The zero-order chi connectivity index (χ0) is 18.8. The largest absolute Gasteiger partial charge is 0.370 e. The Labute approximate surface area is 172 Å². The molecule has 28 heavy (non-hydrogen) atoms. The van der Waals surface area contributed by atoms with E-state index in [1.807, 2.05) is 11.3 Å². The van der Waals surface area contributed by atoms with E-state index in [4.69, 9.17) is 4.74 Å². The van der Waals surface area contributed by atoms with Gasteiger partial charge in [-0.3, -0.25) is 0 Å². The molecule has 0 N–H and O–H groups in total. The summed E-state index contributed by atoms with van der Waals surface area (Å²) in [5.74, 6) is 0. The zero-order valence-corrected chi connectivity index (χ0v) is 17.3. The Kier molecular flexibility index (Phi) is 5.23. The molecule has 2 aliphatic rings. The summed E-state index contributed by atoms with van der Waals surface area (Å²) in [4.78, 5) is 2.65. The number of thiophene rings is 1. The van der Waals surface area contributed by atoms with E-state index in [-0.39, 0.29) is 5.60 Å². The lowest BCUT2D eigenvalue weighted by atomic mass is 9.82. The molecule has 1 fully saturated rings. The number of fused-ring (bicyclic) bond motifs is 2. The molecule has 0 atom stereocenters. The summed E-state index contributed by atoms with van der Waals surface area (Å²) in [6, 6.07) is 17.6. The molecule has 0 saturated carbocycles. The van der Waals surface area contributed by atoms with Crippen LogP contribution in [0.5, 0.6) is 0 Å². The number of hydrogen-bond donors (Lipinski definition) is 0. The van der Waals surface area contributed by atoms with Crippen LogP contribution in [-0.4, -0.2) is 30.1 Å². The molecule has 1 aromatic heterocycles. The molecule has 1 saturated heterocycles. The van der Waals surface area contributed by atoms with Crippen molar-refractivity contribution in [3.63, 3.8) is 0 Å². The number of benzene rings is 2. The van der Waals surface area contributed by atoms with Crippen molar-refractivity contribution in [3.05, 3.63) is 70.6 Å². The summed E-state index contributed by atoms with van der Waals surface area (Å²) in [6.45, 7) is 4.40. The maximum absolute atomic E-state index is 6.37. The van der Waals surface area contributed by atoms with E-state index in [0.717, 1.165) is 13.0 Å². The van der Waals surface area contributed by atoms with Crippen molar-refractivity contribution in [2.24, 2.45) is 0 Å². The van der Waals surface area contributed by atoms with Gasteiger partial charge in [0.25, 0.3) is 0 Å². The Morgan fingerprint density at radius 3 is 2.61 bits per heavy atom. The van der Waals surface area contributed by atoms with Crippen molar-refractivity contribution < 1.29 is 4.74 Å². The van der Waals surface area contributed by atoms with Crippen LogP contribution in [0, 0.1) is 0 Å². The fourth-order valence-electron chi connectivity index (χ4n) is 4.88. The van der Waals surface area contributed by atoms with Crippen LogP contribution in [0.2, 0.25) is 0 Å². The molecule has 0 unspecified atom stereocenters. The van der Waals surface area contributed by atoms with E-state index in [9.17, 15) is 0 Å². The quantitative estimate of drug-likeness (QED) is 0.507. The molecule has 3 heterocycles. The van der Waals surface area contributed by atoms with Gasteiger partial charge in [0.2, 0.25) is 0 Å². The van der Waals surface area contributed by atoms with E-state index < -0.39 is 0 Å². The van der Waals surface area contributed by atoms with Crippen molar-refractivity contribution in [3.8, 4) is 0 Å². The molecule has 3 heteroatoms. The van der Waals surface area contributed by atoms with E-state index in [0.29, 0.717) is 0 Å². The summed E-state index contributed by atoms with van der Waals surface area (Å²) in [5.41, 5.74) is 4.52. The number of likely N-dealkylation sites (tertiary alicyclic amines) is 1. The van der Waals surface area contributed by atoms with Gasteiger partial charge in [-0.15, -0.1) is 11.3 Å². The predicted octanol–water partition coefficient (Wildman–Crippen LogP) is 5.83. The summed E-state index contributed by atoms with van der Waals surface area (Å²) in [7, 11) is 0. The first-order chi connectivity index (χ1) is 13.8. The van der Waals surface area contributed by atoms with Crippen LogP contribution in [0.1, 0.15) is 42.4 Å². The second kappa shape index (κ2) is 7.98. The normalized spacial score (nSPS) is 19.1. The van der Waals surface area contributed by atoms with Crippen molar-refractivity contribution in [1.29, 1.82) is 0 Å². The molecule has 2 aliphatic heterocycles. The van der Waals surface area contributed by atoms with Gasteiger partial charge >= 0.3 is 0 Å². The van der Waals surface area contributed by atoms with Crippen molar-refractivity contribution in [1.82, 2.24) is 4.90 Å². The second-order valence-electron chi connectivity index (χ2n) is 8.47. The smallest absolute Gasteiger partial charge is 0.0751 e. The maximum atomic E-state index is 6.37. The molecule has 2 aromatic carbocycles. The molecule has 5 rings (SSSR count). The number of aryl methyl sites for hydroxylation is 1. The van der Waals surface area contributed by atoms with Crippen molar-refractivity contribution >= 4 is 21.4 Å². The van der Waals surface area contributed by atoms with Gasteiger partial charge in [0.1, 0.15) is 0 Å². The third-order valence-corrected chi connectivity index (χ3v) is 7.68. The van der Waals surface area contributed by atoms with E-state index in [2.05, 4.69) is 58.8 Å². The molecule has 146 valence electrons. The highest BCUT2D eigenvalue weighted by molar-refractivity contribution is 7.17. The van der Waals surface area contributed by atoms with Crippen LogP contribution in [0.15, 0.2) is 53.9 Å². The lowest BCUT2D eigenvalue weighted by Gasteiger charge is -2.44. The van der Waals surface area contributed by atoms with Crippen LogP contribution >= 0.6 is 11.3 Å². The minimum absolute atomic E-state index is 0.0977. The molecule has 0 radical (unpaired) electrons. The van der Waals surface area contributed by atoms with Crippen LogP contribution < -0.4 is 0 Å². The van der Waals surface area contributed by atoms with E-state index in [1.165, 1.54) is 78.5 Å². The van der Waals surface area contributed by atoms with Gasteiger partial charge in [0.15, 0.2) is 0 Å². The summed E-state index contributed by atoms with van der Waals surface area (Å²) in [5, 5.41) is 3.82. The molecular weight excluding hydrogens is 362 g/mol. The average molecular weight is 392 g/mol. The molecule has 1 spiro atoms. The van der Waals surface area contributed by atoms with Crippen LogP contribution in [-0.2, 0) is 24.2 Å². The van der Waals surface area contributed by atoms with Crippen molar-refractivity contribution in [2.45, 2.75) is 50.7 Å². The number of unbranched alkanes of at least 4 members (excludes halogenated alkanes) is 1. The lowest BCUT2D eigenvalue weighted by Crippen LogP contribution is -2.49. The first kappa shape index (κ1) is 18.4. The Bertz CT molecular complexity index is 938. The van der Waals surface area contributed by atoms with E-state index >= 15 is 0 Å². The number of nitrogens with zero attached hydrogens (tertiary/aromatic N) is 1. The van der Waals surface area contributed by atoms with Gasteiger partial charge in [-0.25, -0.2) is 0 Å². The molecular formula is C25H29NOS. The lowest BCUT2D eigenvalue weighted by molar-refractivity contribution is -0.102.